The molecule has 0 spiro atoms. The number of benzene rings is 2. The first kappa shape index (κ1) is 23.3. The first-order valence-electron chi connectivity index (χ1n) is 8.80. The number of halogens is 2. The lowest BCUT2D eigenvalue weighted by Gasteiger charge is -2.09. The van der Waals surface area contributed by atoms with E-state index in [1.165, 1.54) is 24.3 Å². The van der Waals surface area contributed by atoms with Gasteiger partial charge in [0.15, 0.2) is 0 Å². The van der Waals surface area contributed by atoms with E-state index in [0.717, 1.165) is 6.26 Å². The summed E-state index contributed by atoms with van der Waals surface area (Å²) in [6.45, 7) is -0.0231. The number of carbonyl (C=O) groups excluding carboxylic acids is 1. The lowest BCUT2D eigenvalue weighted by molar-refractivity contribution is -0.112. The van der Waals surface area contributed by atoms with E-state index < -0.39 is 21.6 Å². The van der Waals surface area contributed by atoms with Crippen LogP contribution in [0.4, 0.5) is 9.52 Å². The molecule has 1 N–H and O–H groups in total. The normalized spacial score (nSPS) is 11.6. The fourth-order valence-corrected chi connectivity index (χ4v) is 4.13. The van der Waals surface area contributed by atoms with E-state index in [1.54, 1.807) is 30.3 Å². The van der Waals surface area contributed by atoms with Crippen LogP contribution in [0.5, 0.6) is 5.75 Å². The Kier molecular flexibility index (Phi) is 7.19. The molecule has 0 saturated carbocycles. The molecule has 0 aliphatic rings. The number of nitrogens with zero attached hydrogens (tertiary/aromatic N) is 3. The standard InChI is InChI=1S/C20H14ClFN4O4S2/c1-32(28,29)20-26-25-19(31-20)24-18(27)14(10-23)8-12-6-7-17(15(21)9-12)30-11-13-4-2-3-5-16(13)22/h2-9H,11H2,1H3,(H,24,25,27)/b14-8-. The molecule has 3 aromatic rings. The topological polar surface area (TPSA) is 122 Å². The number of amides is 1. The quantitative estimate of drug-likeness (QED) is 0.302. The predicted molar refractivity (Wildman–Crippen MR) is 117 cm³/mol. The van der Waals surface area contributed by atoms with E-state index >= 15 is 0 Å². The summed E-state index contributed by atoms with van der Waals surface area (Å²) in [6, 6.07) is 12.5. The highest BCUT2D eigenvalue weighted by Crippen LogP contribution is 2.28. The van der Waals surface area contributed by atoms with Crippen LogP contribution in [0.1, 0.15) is 11.1 Å². The Bertz CT molecular complexity index is 1350. The molecular weight excluding hydrogens is 479 g/mol. The monoisotopic (exact) mass is 492 g/mol. The SMILES string of the molecule is CS(=O)(=O)c1nnc(NC(=O)/C(C#N)=C\c2ccc(OCc3ccccc3F)c(Cl)c2)s1. The van der Waals surface area contributed by atoms with Gasteiger partial charge in [-0.15, -0.1) is 10.2 Å². The number of nitriles is 1. The molecule has 0 fully saturated rings. The van der Waals surface area contributed by atoms with Crippen molar-refractivity contribution < 1.29 is 22.3 Å². The first-order valence-corrected chi connectivity index (χ1v) is 11.9. The summed E-state index contributed by atoms with van der Waals surface area (Å²) in [4.78, 5) is 12.3. The van der Waals surface area contributed by atoms with Gasteiger partial charge >= 0.3 is 0 Å². The summed E-state index contributed by atoms with van der Waals surface area (Å²) in [5.41, 5.74) is 0.540. The van der Waals surface area contributed by atoms with Crippen molar-refractivity contribution in [1.29, 1.82) is 5.26 Å². The molecule has 3 rings (SSSR count). The summed E-state index contributed by atoms with van der Waals surface area (Å²) in [5, 5.41) is 18.9. The van der Waals surface area contributed by atoms with Gasteiger partial charge in [0, 0.05) is 11.8 Å². The summed E-state index contributed by atoms with van der Waals surface area (Å²) in [6.07, 6.45) is 2.26. The summed E-state index contributed by atoms with van der Waals surface area (Å²) < 4.78 is 41.9. The van der Waals surface area contributed by atoms with Crippen LogP contribution in [0.25, 0.3) is 6.08 Å². The van der Waals surface area contributed by atoms with E-state index in [9.17, 15) is 22.9 Å². The van der Waals surface area contributed by atoms with Crippen LogP contribution >= 0.6 is 22.9 Å². The lowest BCUT2D eigenvalue weighted by Crippen LogP contribution is -2.13. The Morgan fingerprint density at radius 3 is 2.69 bits per heavy atom. The molecule has 0 aliphatic carbocycles. The molecule has 0 saturated heterocycles. The van der Waals surface area contributed by atoms with Gasteiger partial charge in [0.2, 0.25) is 19.3 Å². The Morgan fingerprint density at radius 2 is 2.06 bits per heavy atom. The molecule has 0 unspecified atom stereocenters. The largest absolute Gasteiger partial charge is 0.487 e. The Morgan fingerprint density at radius 1 is 1.31 bits per heavy atom. The fourth-order valence-electron chi connectivity index (χ4n) is 2.38. The zero-order valence-corrected chi connectivity index (χ0v) is 18.8. The van der Waals surface area contributed by atoms with E-state index in [1.807, 2.05) is 0 Å². The van der Waals surface area contributed by atoms with Crippen LogP contribution in [-0.2, 0) is 21.2 Å². The molecule has 8 nitrogen and oxygen atoms in total. The van der Waals surface area contributed by atoms with Crippen LogP contribution in [0.3, 0.4) is 0 Å². The minimum Gasteiger partial charge on any atom is -0.487 e. The smallest absolute Gasteiger partial charge is 0.268 e. The van der Waals surface area contributed by atoms with Crippen molar-refractivity contribution in [2.75, 3.05) is 11.6 Å². The molecule has 1 heterocycles. The lowest BCUT2D eigenvalue weighted by atomic mass is 10.1. The molecule has 0 bridgehead atoms. The van der Waals surface area contributed by atoms with Crippen LogP contribution < -0.4 is 10.1 Å². The summed E-state index contributed by atoms with van der Waals surface area (Å²) in [7, 11) is -3.56. The second kappa shape index (κ2) is 9.86. The van der Waals surface area contributed by atoms with Crippen molar-refractivity contribution in [3.63, 3.8) is 0 Å². The highest BCUT2D eigenvalue weighted by Gasteiger charge is 2.17. The maximum atomic E-state index is 13.7. The molecule has 2 aromatic carbocycles. The zero-order chi connectivity index (χ0) is 23.3. The molecular formula is C20H14ClFN4O4S2. The van der Waals surface area contributed by atoms with Crippen LogP contribution in [0.2, 0.25) is 5.02 Å². The fraction of sp³-hybridized carbons (Fsp3) is 0.100. The van der Waals surface area contributed by atoms with Gasteiger partial charge in [0.25, 0.3) is 5.91 Å². The number of anilines is 1. The van der Waals surface area contributed by atoms with E-state index in [2.05, 4.69) is 15.5 Å². The molecule has 12 heteroatoms. The number of ether oxygens (including phenoxy) is 1. The van der Waals surface area contributed by atoms with Gasteiger partial charge in [0.1, 0.15) is 29.8 Å². The Hall–Kier alpha value is -3.33. The molecule has 0 radical (unpaired) electrons. The molecule has 32 heavy (non-hydrogen) atoms. The number of rotatable bonds is 7. The molecule has 1 amide bonds. The van der Waals surface area contributed by atoms with Crippen molar-refractivity contribution in [3.8, 4) is 11.8 Å². The third-order valence-electron chi connectivity index (χ3n) is 3.92. The predicted octanol–water partition coefficient (Wildman–Crippen LogP) is 3.86. The Balaban J connectivity index is 1.72. The average molecular weight is 493 g/mol. The molecule has 164 valence electrons. The number of aromatic nitrogens is 2. The zero-order valence-electron chi connectivity index (χ0n) is 16.4. The van der Waals surface area contributed by atoms with Crippen LogP contribution in [-0.4, -0.2) is 30.8 Å². The molecule has 1 aromatic heterocycles. The van der Waals surface area contributed by atoms with E-state index in [-0.39, 0.29) is 26.7 Å². The number of carbonyl (C=O) groups is 1. The van der Waals surface area contributed by atoms with Gasteiger partial charge in [-0.3, -0.25) is 10.1 Å². The second-order valence-corrected chi connectivity index (χ2v) is 9.91. The highest BCUT2D eigenvalue weighted by atomic mass is 35.5. The van der Waals surface area contributed by atoms with Crippen molar-refractivity contribution in [3.05, 3.63) is 70.0 Å². The maximum absolute atomic E-state index is 13.7. The van der Waals surface area contributed by atoms with Gasteiger partial charge in [-0.1, -0.05) is 47.2 Å². The maximum Gasteiger partial charge on any atom is 0.268 e. The minimum absolute atomic E-state index is 0.0231. The van der Waals surface area contributed by atoms with Gasteiger partial charge in [-0.25, -0.2) is 12.8 Å². The summed E-state index contributed by atoms with van der Waals surface area (Å²) in [5.74, 6) is -0.885. The van der Waals surface area contributed by atoms with Gasteiger partial charge in [-0.2, -0.15) is 5.26 Å². The van der Waals surface area contributed by atoms with Gasteiger partial charge in [0.05, 0.1) is 5.02 Å². The van der Waals surface area contributed by atoms with Crippen molar-refractivity contribution in [1.82, 2.24) is 10.2 Å². The number of hydrogen-bond donors (Lipinski definition) is 1. The van der Waals surface area contributed by atoms with E-state index in [0.29, 0.717) is 28.2 Å². The van der Waals surface area contributed by atoms with Crippen molar-refractivity contribution in [2.45, 2.75) is 10.9 Å². The van der Waals surface area contributed by atoms with Crippen molar-refractivity contribution in [2.24, 2.45) is 0 Å². The van der Waals surface area contributed by atoms with E-state index in [4.69, 9.17) is 16.3 Å². The second-order valence-electron chi connectivity index (χ2n) is 6.34. The van der Waals surface area contributed by atoms with Crippen LogP contribution in [0.15, 0.2) is 52.4 Å². The van der Waals surface area contributed by atoms with Crippen molar-refractivity contribution >= 4 is 49.9 Å². The minimum atomic E-state index is -3.56. The third-order valence-corrected chi connectivity index (χ3v) is 6.72. The first-order chi connectivity index (χ1) is 15.2. The third kappa shape index (κ3) is 5.88. The average Bonchev–Trinajstić information content (AvgIpc) is 3.21. The summed E-state index contributed by atoms with van der Waals surface area (Å²) >= 11 is 6.88. The molecule has 0 atom stereocenters. The highest BCUT2D eigenvalue weighted by molar-refractivity contribution is 7.92. The van der Waals surface area contributed by atoms with Gasteiger partial charge in [-0.05, 0) is 29.8 Å². The van der Waals surface area contributed by atoms with Crippen LogP contribution in [0, 0.1) is 17.1 Å². The number of sulfone groups is 1. The molecule has 0 aliphatic heterocycles. The Labute approximate surface area is 191 Å². The number of nitrogens with one attached hydrogen (secondary N) is 1. The van der Waals surface area contributed by atoms with Gasteiger partial charge < -0.3 is 4.74 Å². The number of hydrogen-bond acceptors (Lipinski definition) is 8.